The highest BCUT2D eigenvalue weighted by atomic mass is 16.1. The molecule has 1 fully saturated rings. The average molecular weight is 286 g/mol. The monoisotopic (exact) mass is 286 g/mol. The molecule has 1 aliphatic carbocycles. The third-order valence-electron chi connectivity index (χ3n) is 4.51. The van der Waals surface area contributed by atoms with Gasteiger partial charge in [-0.1, -0.05) is 19.8 Å². The number of nitrogens with one attached hydrogen (secondary N) is 1. The van der Waals surface area contributed by atoms with Crippen LogP contribution in [0.1, 0.15) is 32.6 Å². The maximum atomic E-state index is 12.2. The zero-order chi connectivity index (χ0) is 15.0. The van der Waals surface area contributed by atoms with Gasteiger partial charge in [-0.25, -0.2) is 4.98 Å². The summed E-state index contributed by atoms with van der Waals surface area (Å²) in [6, 6.07) is 5.71. The minimum atomic E-state index is -0.127. The molecule has 0 radical (unpaired) electrons. The van der Waals surface area contributed by atoms with Crippen molar-refractivity contribution in [3.8, 4) is 0 Å². The van der Waals surface area contributed by atoms with Crippen LogP contribution < -0.4 is 16.2 Å². The Balaban J connectivity index is 1.96. The first kappa shape index (κ1) is 13.9. The molecule has 1 saturated carbocycles. The molecular weight excluding hydrogens is 264 g/mol. The number of nitrogens with zero attached hydrogens (tertiary/aromatic N) is 2. The second-order valence-corrected chi connectivity index (χ2v) is 6.20. The van der Waals surface area contributed by atoms with Gasteiger partial charge in [0, 0.05) is 18.8 Å². The van der Waals surface area contributed by atoms with Gasteiger partial charge in [0.05, 0.1) is 10.9 Å². The summed E-state index contributed by atoms with van der Waals surface area (Å²) in [5.74, 6) is 1.38. The molecular formula is C16H22N4O. The van der Waals surface area contributed by atoms with Gasteiger partial charge in [-0.3, -0.25) is 9.78 Å². The molecule has 3 rings (SSSR count). The lowest BCUT2D eigenvalue weighted by molar-refractivity contribution is 0.334. The lowest BCUT2D eigenvalue weighted by Crippen LogP contribution is -2.37. The smallest absolute Gasteiger partial charge is 0.260 e. The minimum absolute atomic E-state index is 0.127. The van der Waals surface area contributed by atoms with E-state index in [-0.39, 0.29) is 5.56 Å². The molecule has 0 amide bonds. The lowest BCUT2D eigenvalue weighted by Gasteiger charge is -2.34. The zero-order valence-corrected chi connectivity index (χ0v) is 12.6. The predicted molar refractivity (Wildman–Crippen MR) is 86.6 cm³/mol. The second kappa shape index (κ2) is 5.39. The van der Waals surface area contributed by atoms with Gasteiger partial charge in [0.1, 0.15) is 0 Å². The van der Waals surface area contributed by atoms with Gasteiger partial charge in [-0.05, 0) is 37.0 Å². The van der Waals surface area contributed by atoms with E-state index in [9.17, 15) is 4.79 Å². The Morgan fingerprint density at radius 3 is 2.95 bits per heavy atom. The summed E-state index contributed by atoms with van der Waals surface area (Å²) in [7, 11) is 2.02. The number of nitrogen functional groups attached to an aromatic ring is 1. The second-order valence-electron chi connectivity index (χ2n) is 6.20. The van der Waals surface area contributed by atoms with E-state index in [0.29, 0.717) is 28.6 Å². The summed E-state index contributed by atoms with van der Waals surface area (Å²) in [6.07, 6.45) is 4.85. The number of rotatable bonds is 2. The van der Waals surface area contributed by atoms with E-state index in [0.717, 1.165) is 18.8 Å². The van der Waals surface area contributed by atoms with Crippen molar-refractivity contribution in [2.45, 2.75) is 38.6 Å². The molecule has 112 valence electrons. The highest BCUT2D eigenvalue weighted by Gasteiger charge is 2.24. The number of hydrogen-bond donors (Lipinski definition) is 2. The fourth-order valence-corrected chi connectivity index (χ4v) is 3.24. The molecule has 1 aromatic heterocycles. The number of benzene rings is 1. The van der Waals surface area contributed by atoms with Gasteiger partial charge < -0.3 is 10.6 Å². The third-order valence-corrected chi connectivity index (χ3v) is 4.51. The lowest BCUT2D eigenvalue weighted by atomic mass is 9.86. The quantitative estimate of drug-likeness (QED) is 0.832. The number of H-pyrrole nitrogens is 1. The summed E-state index contributed by atoms with van der Waals surface area (Å²) < 4.78 is 0. The fourth-order valence-electron chi connectivity index (χ4n) is 3.24. The SMILES string of the molecule is CC1CCCC(N(C)c2nc3ccc(N)cc3c(=O)[nH]2)C1. The Kier molecular flexibility index (Phi) is 3.57. The number of fused-ring (bicyclic) bond motifs is 1. The van der Waals surface area contributed by atoms with Crippen LogP contribution in [0.5, 0.6) is 0 Å². The maximum absolute atomic E-state index is 12.2. The molecule has 1 heterocycles. The highest BCUT2D eigenvalue weighted by molar-refractivity contribution is 5.81. The molecule has 2 atom stereocenters. The standard InChI is InChI=1S/C16H22N4O/c1-10-4-3-5-12(8-10)20(2)16-18-14-7-6-11(17)9-13(14)15(21)19-16/h6-7,9-10,12H,3-5,8,17H2,1-2H3,(H,18,19,21). The van der Waals surface area contributed by atoms with E-state index in [2.05, 4.69) is 21.8 Å². The van der Waals surface area contributed by atoms with Crippen molar-refractivity contribution >= 4 is 22.5 Å². The summed E-state index contributed by atoms with van der Waals surface area (Å²) in [5.41, 5.74) is 6.88. The van der Waals surface area contributed by atoms with Crippen LogP contribution in [0.25, 0.3) is 10.9 Å². The van der Waals surface area contributed by atoms with Crippen LogP contribution in [0, 0.1) is 5.92 Å². The van der Waals surface area contributed by atoms with E-state index in [4.69, 9.17) is 5.73 Å². The highest BCUT2D eigenvalue weighted by Crippen LogP contribution is 2.28. The van der Waals surface area contributed by atoms with Crippen molar-refractivity contribution in [3.63, 3.8) is 0 Å². The molecule has 5 heteroatoms. The number of aromatic amines is 1. The van der Waals surface area contributed by atoms with Gasteiger partial charge in [-0.2, -0.15) is 0 Å². The molecule has 0 spiro atoms. The van der Waals surface area contributed by atoms with E-state index in [1.165, 1.54) is 12.8 Å². The first-order valence-corrected chi connectivity index (χ1v) is 7.57. The molecule has 2 aromatic rings. The number of aromatic nitrogens is 2. The maximum Gasteiger partial charge on any atom is 0.260 e. The summed E-state index contributed by atoms with van der Waals surface area (Å²) >= 11 is 0. The molecule has 21 heavy (non-hydrogen) atoms. The predicted octanol–water partition coefficient (Wildman–Crippen LogP) is 2.52. The fraction of sp³-hybridized carbons (Fsp3) is 0.500. The molecule has 0 aliphatic heterocycles. The number of nitrogens with two attached hydrogens (primary N) is 1. The molecule has 3 N–H and O–H groups in total. The Morgan fingerprint density at radius 2 is 2.19 bits per heavy atom. The Morgan fingerprint density at radius 1 is 1.38 bits per heavy atom. The van der Waals surface area contributed by atoms with Crippen LogP contribution in [0.2, 0.25) is 0 Å². The van der Waals surface area contributed by atoms with Gasteiger partial charge in [0.15, 0.2) is 0 Å². The molecule has 1 aliphatic rings. The largest absolute Gasteiger partial charge is 0.399 e. The zero-order valence-electron chi connectivity index (χ0n) is 12.6. The first-order chi connectivity index (χ1) is 10.0. The van der Waals surface area contributed by atoms with E-state index in [1.54, 1.807) is 18.2 Å². The van der Waals surface area contributed by atoms with Crippen molar-refractivity contribution < 1.29 is 0 Å². The summed E-state index contributed by atoms with van der Waals surface area (Å²) in [4.78, 5) is 21.8. The van der Waals surface area contributed by atoms with E-state index < -0.39 is 0 Å². The molecule has 5 nitrogen and oxygen atoms in total. The van der Waals surface area contributed by atoms with Gasteiger partial charge in [-0.15, -0.1) is 0 Å². The molecule has 2 unspecified atom stereocenters. The Hall–Kier alpha value is -2.04. The Bertz CT molecular complexity index is 709. The Labute approximate surface area is 124 Å². The summed E-state index contributed by atoms with van der Waals surface area (Å²) in [6.45, 7) is 2.29. The molecule has 1 aromatic carbocycles. The number of anilines is 2. The molecule has 0 bridgehead atoms. The van der Waals surface area contributed by atoms with Crippen LogP contribution in [0.4, 0.5) is 11.6 Å². The third kappa shape index (κ3) is 2.73. The van der Waals surface area contributed by atoms with Crippen LogP contribution in [-0.2, 0) is 0 Å². The first-order valence-electron chi connectivity index (χ1n) is 7.57. The van der Waals surface area contributed by atoms with E-state index >= 15 is 0 Å². The van der Waals surface area contributed by atoms with Crippen LogP contribution in [0.15, 0.2) is 23.0 Å². The van der Waals surface area contributed by atoms with Gasteiger partial charge in [0.2, 0.25) is 5.95 Å². The van der Waals surface area contributed by atoms with Crippen LogP contribution >= 0.6 is 0 Å². The van der Waals surface area contributed by atoms with Gasteiger partial charge in [0.25, 0.3) is 5.56 Å². The van der Waals surface area contributed by atoms with Crippen molar-refractivity contribution in [1.82, 2.24) is 9.97 Å². The summed E-state index contributed by atoms with van der Waals surface area (Å²) in [5, 5.41) is 0.546. The van der Waals surface area contributed by atoms with Crippen molar-refractivity contribution in [2.24, 2.45) is 5.92 Å². The van der Waals surface area contributed by atoms with Crippen LogP contribution in [0.3, 0.4) is 0 Å². The van der Waals surface area contributed by atoms with Crippen molar-refractivity contribution in [2.75, 3.05) is 17.7 Å². The van der Waals surface area contributed by atoms with E-state index in [1.807, 2.05) is 7.05 Å². The normalized spacial score (nSPS) is 22.4. The number of hydrogen-bond acceptors (Lipinski definition) is 4. The topological polar surface area (TPSA) is 75.0 Å². The van der Waals surface area contributed by atoms with Crippen molar-refractivity contribution in [1.29, 1.82) is 0 Å². The minimum Gasteiger partial charge on any atom is -0.399 e. The molecule has 0 saturated heterocycles. The van der Waals surface area contributed by atoms with Gasteiger partial charge >= 0.3 is 0 Å². The van der Waals surface area contributed by atoms with Crippen LogP contribution in [-0.4, -0.2) is 23.1 Å². The average Bonchev–Trinajstić information content (AvgIpc) is 2.47. The van der Waals surface area contributed by atoms with Crippen molar-refractivity contribution in [3.05, 3.63) is 28.6 Å².